The number of ether oxygens (including phenoxy) is 1. The Morgan fingerprint density at radius 3 is 2.83 bits per heavy atom. The van der Waals surface area contributed by atoms with E-state index in [0.29, 0.717) is 22.5 Å². The molecule has 152 valence electrons. The van der Waals surface area contributed by atoms with E-state index in [2.05, 4.69) is 10.3 Å². The molecule has 4 rings (SSSR count). The van der Waals surface area contributed by atoms with Crippen LogP contribution in [0.4, 0.5) is 18.7 Å². The minimum atomic E-state index is -0.661. The highest BCUT2D eigenvalue weighted by Gasteiger charge is 2.19. The molecular formula is C21H21F2N3O2S. The number of hydrogen-bond acceptors (Lipinski definition) is 4. The van der Waals surface area contributed by atoms with Gasteiger partial charge in [-0.1, -0.05) is 31.7 Å². The Bertz CT molecular complexity index is 982. The van der Waals surface area contributed by atoms with Gasteiger partial charge in [0.2, 0.25) is 5.88 Å². The predicted octanol–water partition coefficient (Wildman–Crippen LogP) is 5.61. The fourth-order valence-corrected chi connectivity index (χ4v) is 4.25. The Morgan fingerprint density at radius 1 is 1.28 bits per heavy atom. The summed E-state index contributed by atoms with van der Waals surface area (Å²) in [5, 5.41) is 4.75. The molecule has 1 saturated carbocycles. The first-order valence-corrected chi connectivity index (χ1v) is 10.5. The number of carbonyl (C=O) groups excluding carboxylic acids is 1. The third kappa shape index (κ3) is 5.00. The van der Waals surface area contributed by atoms with Crippen molar-refractivity contribution in [3.63, 3.8) is 0 Å². The fourth-order valence-electron chi connectivity index (χ4n) is 3.74. The van der Waals surface area contributed by atoms with Crippen LogP contribution in [-0.2, 0) is 13.0 Å². The molecule has 0 saturated heterocycles. The van der Waals surface area contributed by atoms with E-state index in [0.717, 1.165) is 18.1 Å². The van der Waals surface area contributed by atoms with Crippen molar-refractivity contribution < 1.29 is 18.3 Å². The van der Waals surface area contributed by atoms with Crippen molar-refractivity contribution >= 4 is 22.6 Å². The van der Waals surface area contributed by atoms with Crippen molar-refractivity contribution in [1.29, 1.82) is 0 Å². The van der Waals surface area contributed by atoms with Gasteiger partial charge < -0.3 is 9.30 Å². The minimum Gasteiger partial charge on any atom is -0.393 e. The largest absolute Gasteiger partial charge is 0.420 e. The zero-order valence-corrected chi connectivity index (χ0v) is 16.6. The van der Waals surface area contributed by atoms with Crippen LogP contribution < -0.4 is 10.1 Å². The predicted molar refractivity (Wildman–Crippen MR) is 107 cm³/mol. The molecule has 0 radical (unpaired) electrons. The highest BCUT2D eigenvalue weighted by atomic mass is 32.1. The van der Waals surface area contributed by atoms with Crippen molar-refractivity contribution in [3.05, 3.63) is 64.8 Å². The zero-order valence-electron chi connectivity index (χ0n) is 15.7. The van der Waals surface area contributed by atoms with Crippen LogP contribution in [-0.4, -0.2) is 15.6 Å². The molecule has 1 aliphatic rings. The van der Waals surface area contributed by atoms with Crippen LogP contribution in [0.25, 0.3) is 0 Å². The molecular weight excluding hydrogens is 396 g/mol. The maximum atomic E-state index is 14.1. The Kier molecular flexibility index (Phi) is 5.89. The molecule has 3 aromatic rings. The van der Waals surface area contributed by atoms with Crippen LogP contribution in [0, 0.1) is 17.6 Å². The SMILES string of the molecule is O=C(Nc1nccs1)Oc1cc(CC2CCCC2)cn1Cc1ccc(F)cc1F. The van der Waals surface area contributed by atoms with Crippen molar-refractivity contribution in [1.82, 2.24) is 9.55 Å². The fraction of sp³-hybridized carbons (Fsp3) is 0.333. The topological polar surface area (TPSA) is 56.1 Å². The van der Waals surface area contributed by atoms with E-state index < -0.39 is 17.7 Å². The molecule has 1 fully saturated rings. The van der Waals surface area contributed by atoms with Crippen LogP contribution in [0.2, 0.25) is 0 Å². The van der Waals surface area contributed by atoms with Crippen LogP contribution in [0.1, 0.15) is 36.8 Å². The molecule has 0 bridgehead atoms. The zero-order chi connectivity index (χ0) is 20.2. The van der Waals surface area contributed by atoms with Gasteiger partial charge >= 0.3 is 6.09 Å². The Morgan fingerprint density at radius 2 is 2.10 bits per heavy atom. The van der Waals surface area contributed by atoms with Crippen LogP contribution in [0.15, 0.2) is 42.0 Å². The van der Waals surface area contributed by atoms with E-state index in [1.54, 1.807) is 16.1 Å². The van der Waals surface area contributed by atoms with E-state index in [9.17, 15) is 13.6 Å². The number of amides is 1. The summed E-state index contributed by atoms with van der Waals surface area (Å²) >= 11 is 1.28. The average Bonchev–Trinajstić information content (AvgIpc) is 3.42. The van der Waals surface area contributed by atoms with Gasteiger partial charge in [0, 0.05) is 35.5 Å². The number of aromatic nitrogens is 2. The van der Waals surface area contributed by atoms with Crippen molar-refractivity contribution in [2.45, 2.75) is 38.6 Å². The molecule has 2 heterocycles. The van der Waals surface area contributed by atoms with E-state index in [1.165, 1.54) is 49.2 Å². The molecule has 5 nitrogen and oxygen atoms in total. The van der Waals surface area contributed by atoms with Gasteiger partial charge in [-0.2, -0.15) is 0 Å². The number of anilines is 1. The summed E-state index contributed by atoms with van der Waals surface area (Å²) in [5.74, 6) is -0.324. The molecule has 8 heteroatoms. The summed E-state index contributed by atoms with van der Waals surface area (Å²) in [6.07, 6.45) is 8.57. The molecule has 29 heavy (non-hydrogen) atoms. The van der Waals surface area contributed by atoms with Crippen LogP contribution >= 0.6 is 11.3 Å². The minimum absolute atomic E-state index is 0.136. The summed E-state index contributed by atoms with van der Waals surface area (Å²) in [6.45, 7) is 0.136. The standard InChI is InChI=1S/C21H21F2N3O2S/c22-17-6-5-16(18(23)11-17)13-26-12-15(9-14-3-1-2-4-14)10-19(26)28-21(27)25-20-24-7-8-29-20/h5-8,10-12,14H,1-4,9,13H2,(H,24,25,27). The second-order valence-electron chi connectivity index (χ2n) is 7.26. The monoisotopic (exact) mass is 417 g/mol. The van der Waals surface area contributed by atoms with Crippen molar-refractivity contribution in [2.75, 3.05) is 5.32 Å². The normalized spacial score (nSPS) is 14.3. The number of hydrogen-bond donors (Lipinski definition) is 1. The number of halogens is 2. The molecule has 0 unspecified atom stereocenters. The summed E-state index contributed by atoms with van der Waals surface area (Å²) in [7, 11) is 0. The summed E-state index contributed by atoms with van der Waals surface area (Å²) < 4.78 is 34.5. The second kappa shape index (κ2) is 8.73. The molecule has 2 aromatic heterocycles. The quantitative estimate of drug-likeness (QED) is 0.567. The lowest BCUT2D eigenvalue weighted by molar-refractivity contribution is 0.211. The Labute approximate surface area is 171 Å². The van der Waals surface area contributed by atoms with Crippen LogP contribution in [0.5, 0.6) is 5.88 Å². The smallest absolute Gasteiger partial charge is 0.393 e. The van der Waals surface area contributed by atoms with Gasteiger partial charge in [0.05, 0.1) is 6.54 Å². The van der Waals surface area contributed by atoms with E-state index >= 15 is 0 Å². The molecule has 1 aromatic carbocycles. The maximum Gasteiger partial charge on any atom is 0.420 e. The molecule has 0 atom stereocenters. The number of nitrogens with zero attached hydrogens (tertiary/aromatic N) is 2. The Hall–Kier alpha value is -2.74. The number of rotatable bonds is 6. The van der Waals surface area contributed by atoms with Gasteiger partial charge in [-0.05, 0) is 24.0 Å². The van der Waals surface area contributed by atoms with Crippen LogP contribution in [0.3, 0.4) is 0 Å². The lowest BCUT2D eigenvalue weighted by Crippen LogP contribution is -2.18. The number of carbonyl (C=O) groups is 1. The van der Waals surface area contributed by atoms with Gasteiger partial charge in [-0.25, -0.2) is 18.6 Å². The lowest BCUT2D eigenvalue weighted by Gasteiger charge is -2.10. The van der Waals surface area contributed by atoms with Gasteiger partial charge in [-0.3, -0.25) is 5.32 Å². The van der Waals surface area contributed by atoms with E-state index in [1.807, 2.05) is 12.3 Å². The molecule has 0 spiro atoms. The average molecular weight is 417 g/mol. The van der Waals surface area contributed by atoms with E-state index in [-0.39, 0.29) is 6.54 Å². The number of nitrogens with one attached hydrogen (secondary N) is 1. The summed E-state index contributed by atoms with van der Waals surface area (Å²) in [5.41, 5.74) is 1.36. The first-order chi connectivity index (χ1) is 14.1. The van der Waals surface area contributed by atoms with Crippen molar-refractivity contribution in [2.24, 2.45) is 5.92 Å². The number of benzene rings is 1. The molecule has 0 aliphatic heterocycles. The highest BCUT2D eigenvalue weighted by Crippen LogP contribution is 2.30. The second-order valence-corrected chi connectivity index (χ2v) is 8.15. The van der Waals surface area contributed by atoms with Gasteiger partial charge in [0.1, 0.15) is 11.6 Å². The Balaban J connectivity index is 1.54. The molecule has 1 aliphatic carbocycles. The lowest BCUT2D eigenvalue weighted by atomic mass is 10.0. The van der Waals surface area contributed by atoms with Crippen molar-refractivity contribution in [3.8, 4) is 5.88 Å². The van der Waals surface area contributed by atoms with E-state index in [4.69, 9.17) is 4.74 Å². The third-order valence-corrected chi connectivity index (χ3v) is 5.80. The third-order valence-electron chi connectivity index (χ3n) is 5.11. The number of thiazole rings is 1. The molecule has 1 N–H and O–H groups in total. The first kappa shape index (κ1) is 19.6. The molecule has 1 amide bonds. The first-order valence-electron chi connectivity index (χ1n) is 9.58. The van der Waals surface area contributed by atoms with Gasteiger partial charge in [0.25, 0.3) is 0 Å². The maximum absolute atomic E-state index is 14.1. The van der Waals surface area contributed by atoms with Gasteiger partial charge in [0.15, 0.2) is 5.13 Å². The van der Waals surface area contributed by atoms with Gasteiger partial charge in [-0.15, -0.1) is 11.3 Å². The summed E-state index contributed by atoms with van der Waals surface area (Å²) in [6, 6.07) is 5.30. The summed E-state index contributed by atoms with van der Waals surface area (Å²) in [4.78, 5) is 16.2. The highest BCUT2D eigenvalue weighted by molar-refractivity contribution is 7.13.